The number of thiol groups is 1. The van der Waals surface area contributed by atoms with Crippen molar-refractivity contribution in [3.8, 4) is 0 Å². The van der Waals surface area contributed by atoms with Crippen molar-refractivity contribution in [1.29, 1.82) is 0 Å². The van der Waals surface area contributed by atoms with Gasteiger partial charge in [0.05, 0.1) is 0 Å². The van der Waals surface area contributed by atoms with Crippen LogP contribution in [0.15, 0.2) is 36.5 Å². The fraction of sp³-hybridized carbons (Fsp3) is 0.647. The average molecular weight is 331 g/mol. The molecule has 20 heavy (non-hydrogen) atoms. The molecule has 0 N–H and O–H groups in total. The van der Waals surface area contributed by atoms with Crippen molar-refractivity contribution < 1.29 is 0 Å². The third kappa shape index (κ3) is 6.82. The summed E-state index contributed by atoms with van der Waals surface area (Å²) < 4.78 is 0.563. The van der Waals surface area contributed by atoms with Crippen LogP contribution in [-0.2, 0) is 0 Å². The zero-order valence-corrected chi connectivity index (χ0v) is 16.2. The lowest BCUT2D eigenvalue weighted by atomic mass is 9.84. The molecule has 0 spiro atoms. The van der Waals surface area contributed by atoms with E-state index < -0.39 is 0 Å². The molecule has 3 unspecified atom stereocenters. The molecule has 0 bridgehead atoms. The summed E-state index contributed by atoms with van der Waals surface area (Å²) in [4.78, 5) is 0. The van der Waals surface area contributed by atoms with Crippen LogP contribution in [-0.4, -0.2) is 20.3 Å². The summed E-state index contributed by atoms with van der Waals surface area (Å²) in [6.07, 6.45) is 8.33. The van der Waals surface area contributed by atoms with E-state index in [1.54, 1.807) is 0 Å². The Labute approximate surface area is 140 Å². The molecule has 0 aliphatic heterocycles. The lowest BCUT2D eigenvalue weighted by Gasteiger charge is -2.39. The third-order valence-electron chi connectivity index (χ3n) is 3.26. The molecule has 3 atom stereocenters. The van der Waals surface area contributed by atoms with E-state index in [1.165, 1.54) is 5.57 Å². The van der Waals surface area contributed by atoms with Gasteiger partial charge in [-0.05, 0) is 25.2 Å². The SMILES string of the molecule is C=C/C=C\C(=C/C)C(C(C)SC(C)S)C(C)(C)SCC. The summed E-state index contributed by atoms with van der Waals surface area (Å²) >= 11 is 8.53. The number of hydrogen-bond acceptors (Lipinski definition) is 3. The van der Waals surface area contributed by atoms with Gasteiger partial charge >= 0.3 is 0 Å². The topological polar surface area (TPSA) is 0 Å². The zero-order valence-electron chi connectivity index (χ0n) is 13.7. The Morgan fingerprint density at radius 3 is 2.35 bits per heavy atom. The summed E-state index contributed by atoms with van der Waals surface area (Å²) in [6, 6.07) is 0. The summed E-state index contributed by atoms with van der Waals surface area (Å²) in [6.45, 7) is 17.3. The molecular formula is C17H30S3. The molecule has 0 aromatic heterocycles. The van der Waals surface area contributed by atoms with Gasteiger partial charge in [-0.2, -0.15) is 24.4 Å². The van der Waals surface area contributed by atoms with Crippen molar-refractivity contribution >= 4 is 36.2 Å². The lowest BCUT2D eigenvalue weighted by Crippen LogP contribution is -2.36. The molecule has 0 aliphatic rings. The first-order valence-electron chi connectivity index (χ1n) is 7.22. The van der Waals surface area contributed by atoms with E-state index in [-0.39, 0.29) is 4.75 Å². The smallest absolute Gasteiger partial charge is 0.0447 e. The standard InChI is InChI=1S/C17H30S3/c1-8-11-12-15(9-2)16(13(4)20-14(5)18)17(6,7)19-10-3/h8-9,11-14,16,18H,1,10H2,2-7H3/b12-11-,15-9+. The molecule has 0 amide bonds. The normalized spacial score (nSPS) is 18.1. The van der Waals surface area contributed by atoms with E-state index in [0.29, 0.717) is 15.7 Å². The highest BCUT2D eigenvalue weighted by Crippen LogP contribution is 2.43. The Balaban J connectivity index is 5.44. The van der Waals surface area contributed by atoms with Gasteiger partial charge in [-0.15, -0.1) is 11.8 Å². The quantitative estimate of drug-likeness (QED) is 0.303. The van der Waals surface area contributed by atoms with Crippen LogP contribution in [0.25, 0.3) is 0 Å². The average Bonchev–Trinajstić information content (AvgIpc) is 2.32. The minimum absolute atomic E-state index is 0.206. The Morgan fingerprint density at radius 2 is 1.95 bits per heavy atom. The second-order valence-electron chi connectivity index (χ2n) is 5.34. The van der Waals surface area contributed by atoms with E-state index in [4.69, 9.17) is 0 Å². The summed E-state index contributed by atoms with van der Waals surface area (Å²) in [5, 5.41) is 0.525. The maximum atomic E-state index is 4.55. The second kappa shape index (κ2) is 10.1. The molecule has 0 aromatic rings. The first-order chi connectivity index (χ1) is 9.30. The highest BCUT2D eigenvalue weighted by atomic mass is 32.2. The van der Waals surface area contributed by atoms with Gasteiger partial charge in [0.15, 0.2) is 0 Å². The molecule has 116 valence electrons. The molecular weight excluding hydrogens is 300 g/mol. The van der Waals surface area contributed by atoms with Crippen LogP contribution in [0.2, 0.25) is 0 Å². The minimum atomic E-state index is 0.206. The molecule has 0 fully saturated rings. The number of hydrogen-bond donors (Lipinski definition) is 1. The molecule has 0 rings (SSSR count). The van der Waals surface area contributed by atoms with Crippen molar-refractivity contribution in [1.82, 2.24) is 0 Å². The highest BCUT2D eigenvalue weighted by molar-refractivity contribution is 8.10. The monoisotopic (exact) mass is 330 g/mol. The molecule has 3 heteroatoms. The van der Waals surface area contributed by atoms with Crippen LogP contribution < -0.4 is 0 Å². The Morgan fingerprint density at radius 1 is 1.35 bits per heavy atom. The predicted octanol–water partition coefficient (Wildman–Crippen LogP) is 6.22. The molecule has 0 radical (unpaired) electrons. The van der Waals surface area contributed by atoms with Crippen LogP contribution in [0.1, 0.15) is 41.5 Å². The van der Waals surface area contributed by atoms with Gasteiger partial charge in [0.25, 0.3) is 0 Å². The van der Waals surface area contributed by atoms with Gasteiger partial charge in [-0.25, -0.2) is 0 Å². The van der Waals surface area contributed by atoms with Crippen LogP contribution in [0.3, 0.4) is 0 Å². The maximum Gasteiger partial charge on any atom is 0.0447 e. The van der Waals surface area contributed by atoms with E-state index in [9.17, 15) is 0 Å². The summed E-state index contributed by atoms with van der Waals surface area (Å²) in [7, 11) is 0. The fourth-order valence-electron chi connectivity index (χ4n) is 2.65. The fourth-order valence-corrected chi connectivity index (χ4v) is 5.85. The summed E-state index contributed by atoms with van der Waals surface area (Å²) in [5.41, 5.74) is 1.39. The van der Waals surface area contributed by atoms with Crippen LogP contribution in [0.4, 0.5) is 0 Å². The van der Waals surface area contributed by atoms with Crippen molar-refractivity contribution in [2.45, 2.75) is 56.1 Å². The van der Waals surface area contributed by atoms with Crippen LogP contribution in [0.5, 0.6) is 0 Å². The number of allylic oxidation sites excluding steroid dienone is 5. The second-order valence-corrected chi connectivity index (χ2v) is 10.1. The van der Waals surface area contributed by atoms with E-state index in [2.05, 4.69) is 72.9 Å². The van der Waals surface area contributed by atoms with E-state index in [0.717, 1.165) is 5.75 Å². The Bertz CT molecular complexity index is 340. The van der Waals surface area contributed by atoms with Crippen molar-refractivity contribution in [3.63, 3.8) is 0 Å². The zero-order chi connectivity index (χ0) is 15.8. The van der Waals surface area contributed by atoms with Crippen molar-refractivity contribution in [2.24, 2.45) is 5.92 Å². The molecule has 0 saturated heterocycles. The predicted molar refractivity (Wildman–Crippen MR) is 104 cm³/mol. The molecule has 0 heterocycles. The number of rotatable bonds is 9. The van der Waals surface area contributed by atoms with Gasteiger partial charge < -0.3 is 0 Å². The Hall–Kier alpha value is 0.270. The van der Waals surface area contributed by atoms with Gasteiger partial charge in [0.1, 0.15) is 0 Å². The lowest BCUT2D eigenvalue weighted by molar-refractivity contribution is 0.490. The van der Waals surface area contributed by atoms with Crippen LogP contribution in [0, 0.1) is 5.92 Å². The maximum absolute atomic E-state index is 4.55. The van der Waals surface area contributed by atoms with Gasteiger partial charge in [-0.3, -0.25) is 0 Å². The first kappa shape index (κ1) is 20.3. The van der Waals surface area contributed by atoms with Crippen molar-refractivity contribution in [2.75, 3.05) is 5.75 Å². The minimum Gasteiger partial charge on any atom is -0.165 e. The van der Waals surface area contributed by atoms with Gasteiger partial charge in [0, 0.05) is 20.5 Å². The highest BCUT2D eigenvalue weighted by Gasteiger charge is 2.35. The third-order valence-corrected chi connectivity index (χ3v) is 6.01. The van der Waals surface area contributed by atoms with Crippen LogP contribution >= 0.6 is 36.2 Å². The Kier molecular flexibility index (Phi) is 10.2. The van der Waals surface area contributed by atoms with Gasteiger partial charge in [0.2, 0.25) is 0 Å². The van der Waals surface area contributed by atoms with Crippen molar-refractivity contribution in [3.05, 3.63) is 36.5 Å². The molecule has 0 saturated carbocycles. The largest absolute Gasteiger partial charge is 0.165 e. The summed E-state index contributed by atoms with van der Waals surface area (Å²) in [5.74, 6) is 1.63. The molecule has 0 aromatic carbocycles. The molecule has 0 nitrogen and oxygen atoms in total. The van der Waals surface area contributed by atoms with E-state index in [1.807, 2.05) is 35.7 Å². The molecule has 0 aliphatic carbocycles. The van der Waals surface area contributed by atoms with Gasteiger partial charge in [-0.1, -0.05) is 58.6 Å². The number of thioether (sulfide) groups is 2. The van der Waals surface area contributed by atoms with E-state index >= 15 is 0 Å². The first-order valence-corrected chi connectivity index (χ1v) is 9.67.